The third-order valence-electron chi connectivity index (χ3n) is 6.03. The molecule has 2 fully saturated rings. The second-order valence-electron chi connectivity index (χ2n) is 7.68. The lowest BCUT2D eigenvalue weighted by Crippen LogP contribution is -2.57. The highest BCUT2D eigenvalue weighted by Gasteiger charge is 2.56. The first-order valence-electron chi connectivity index (χ1n) is 9.14. The van der Waals surface area contributed by atoms with Crippen LogP contribution in [0.5, 0.6) is 0 Å². The van der Waals surface area contributed by atoms with Crippen LogP contribution in [0.25, 0.3) is 0 Å². The van der Waals surface area contributed by atoms with Crippen LogP contribution < -0.4 is 0 Å². The largest absolute Gasteiger partial charge is 0.481 e. The molecule has 5 heteroatoms. The Morgan fingerprint density at radius 2 is 1.84 bits per heavy atom. The smallest absolute Gasteiger partial charge is 0.312 e. The van der Waals surface area contributed by atoms with Crippen LogP contribution in [0, 0.1) is 12.3 Å². The number of carboxylic acid groups (broad SMARTS) is 1. The number of amides is 1. The average molecular weight is 345 g/mol. The van der Waals surface area contributed by atoms with Gasteiger partial charge in [-0.3, -0.25) is 9.59 Å². The Morgan fingerprint density at radius 3 is 2.32 bits per heavy atom. The molecule has 2 N–H and O–H groups in total. The van der Waals surface area contributed by atoms with Gasteiger partial charge in [-0.2, -0.15) is 0 Å². The van der Waals surface area contributed by atoms with Crippen molar-refractivity contribution in [3.05, 3.63) is 35.4 Å². The molecule has 0 bridgehead atoms. The van der Waals surface area contributed by atoms with Gasteiger partial charge in [0, 0.05) is 13.1 Å². The van der Waals surface area contributed by atoms with E-state index in [0.29, 0.717) is 25.8 Å². The SMILES string of the molecule is CCC[C@]1(C(=O)O)CCN(C(=O)C2(c3ccc(C)cc3)CC2)C[C@@H]1O. The van der Waals surface area contributed by atoms with Crippen LogP contribution in [-0.2, 0) is 15.0 Å². The molecule has 0 radical (unpaired) electrons. The van der Waals surface area contributed by atoms with Crippen LogP contribution >= 0.6 is 0 Å². The minimum Gasteiger partial charge on any atom is -0.481 e. The molecule has 0 unspecified atom stereocenters. The fourth-order valence-electron chi connectivity index (χ4n) is 4.18. The number of aliphatic hydroxyl groups excluding tert-OH is 1. The number of rotatable bonds is 5. The highest BCUT2D eigenvalue weighted by atomic mass is 16.4. The monoisotopic (exact) mass is 345 g/mol. The molecule has 0 spiro atoms. The molecule has 1 saturated heterocycles. The van der Waals surface area contributed by atoms with E-state index in [1.165, 1.54) is 0 Å². The topological polar surface area (TPSA) is 77.8 Å². The Kier molecular flexibility index (Phi) is 4.62. The maximum absolute atomic E-state index is 13.1. The summed E-state index contributed by atoms with van der Waals surface area (Å²) in [6, 6.07) is 8.06. The molecule has 1 aromatic rings. The van der Waals surface area contributed by atoms with Gasteiger partial charge in [0.15, 0.2) is 0 Å². The van der Waals surface area contributed by atoms with E-state index in [1.54, 1.807) is 4.90 Å². The zero-order valence-electron chi connectivity index (χ0n) is 15.0. The van der Waals surface area contributed by atoms with Gasteiger partial charge in [-0.15, -0.1) is 0 Å². The summed E-state index contributed by atoms with van der Waals surface area (Å²) >= 11 is 0. The predicted molar refractivity (Wildman–Crippen MR) is 94.3 cm³/mol. The summed E-state index contributed by atoms with van der Waals surface area (Å²) in [5.74, 6) is -0.917. The number of aliphatic carboxylic acids is 1. The number of piperidine rings is 1. The van der Waals surface area contributed by atoms with Crippen molar-refractivity contribution in [2.45, 2.75) is 57.5 Å². The van der Waals surface area contributed by atoms with Gasteiger partial charge in [0.1, 0.15) is 0 Å². The quantitative estimate of drug-likeness (QED) is 0.859. The normalized spacial score (nSPS) is 27.8. The first-order chi connectivity index (χ1) is 11.9. The molecule has 1 amide bonds. The van der Waals surface area contributed by atoms with Crippen molar-refractivity contribution in [3.8, 4) is 0 Å². The number of β-amino-alcohol motifs (C(OH)–C–C–N with tert-alkyl or cyclic N) is 1. The summed E-state index contributed by atoms with van der Waals surface area (Å²) in [7, 11) is 0. The van der Waals surface area contributed by atoms with Crippen molar-refractivity contribution in [2.75, 3.05) is 13.1 Å². The van der Waals surface area contributed by atoms with E-state index in [-0.39, 0.29) is 12.5 Å². The third-order valence-corrected chi connectivity index (χ3v) is 6.03. The van der Waals surface area contributed by atoms with Gasteiger partial charge >= 0.3 is 5.97 Å². The number of likely N-dealkylation sites (tertiary alicyclic amines) is 1. The third kappa shape index (κ3) is 2.95. The van der Waals surface area contributed by atoms with Crippen LogP contribution in [0.3, 0.4) is 0 Å². The molecule has 1 saturated carbocycles. The fourth-order valence-corrected chi connectivity index (χ4v) is 4.18. The Hall–Kier alpha value is -1.88. The molecular weight excluding hydrogens is 318 g/mol. The standard InChI is InChI=1S/C20H27NO4/c1-3-8-20(18(24)25)11-12-21(13-16(20)22)17(23)19(9-10-19)15-6-4-14(2)5-7-15/h4-7,16,22H,3,8-13H2,1-2H3,(H,24,25)/t16-,20-/m0/s1. The molecule has 2 aliphatic rings. The molecule has 5 nitrogen and oxygen atoms in total. The first kappa shape index (κ1) is 17.9. The van der Waals surface area contributed by atoms with Gasteiger partial charge in [0.05, 0.1) is 16.9 Å². The minimum absolute atomic E-state index is 0.0332. The number of carbonyl (C=O) groups excluding carboxylic acids is 1. The first-order valence-corrected chi connectivity index (χ1v) is 9.14. The van der Waals surface area contributed by atoms with Crippen molar-refractivity contribution < 1.29 is 19.8 Å². The lowest BCUT2D eigenvalue weighted by Gasteiger charge is -2.43. The van der Waals surface area contributed by atoms with E-state index in [0.717, 1.165) is 24.0 Å². The van der Waals surface area contributed by atoms with Gasteiger partial charge in [-0.1, -0.05) is 43.2 Å². The summed E-state index contributed by atoms with van der Waals surface area (Å²) < 4.78 is 0. The van der Waals surface area contributed by atoms with E-state index >= 15 is 0 Å². The molecule has 1 aliphatic heterocycles. The molecule has 1 aromatic carbocycles. The maximum Gasteiger partial charge on any atom is 0.312 e. The maximum atomic E-state index is 13.1. The van der Waals surface area contributed by atoms with Crippen molar-refractivity contribution >= 4 is 11.9 Å². The Balaban J connectivity index is 1.77. The summed E-state index contributed by atoms with van der Waals surface area (Å²) in [5, 5.41) is 20.2. The number of aryl methyl sites for hydroxylation is 1. The van der Waals surface area contributed by atoms with Gasteiger partial charge in [-0.25, -0.2) is 0 Å². The summed E-state index contributed by atoms with van der Waals surface area (Å²) in [5.41, 5.74) is 0.598. The number of benzene rings is 1. The second-order valence-corrected chi connectivity index (χ2v) is 7.68. The zero-order chi connectivity index (χ0) is 18.2. The number of nitrogens with zero attached hydrogens (tertiary/aromatic N) is 1. The summed E-state index contributed by atoms with van der Waals surface area (Å²) in [4.78, 5) is 26.5. The van der Waals surface area contributed by atoms with Gasteiger partial charge in [0.25, 0.3) is 0 Å². The van der Waals surface area contributed by atoms with Crippen molar-refractivity contribution in [3.63, 3.8) is 0 Å². The van der Waals surface area contributed by atoms with Crippen LogP contribution in [-0.4, -0.2) is 46.2 Å². The molecule has 25 heavy (non-hydrogen) atoms. The van der Waals surface area contributed by atoms with E-state index in [2.05, 4.69) is 0 Å². The van der Waals surface area contributed by atoms with Crippen LogP contribution in [0.2, 0.25) is 0 Å². The van der Waals surface area contributed by atoms with Crippen LogP contribution in [0.4, 0.5) is 0 Å². The number of hydrogen-bond donors (Lipinski definition) is 2. The summed E-state index contributed by atoms with van der Waals surface area (Å²) in [6.07, 6.45) is 2.07. The number of hydrogen-bond acceptors (Lipinski definition) is 3. The van der Waals surface area contributed by atoms with Crippen LogP contribution in [0.1, 0.15) is 50.2 Å². The van der Waals surface area contributed by atoms with Crippen molar-refractivity contribution in [1.29, 1.82) is 0 Å². The predicted octanol–water partition coefficient (Wildman–Crippen LogP) is 2.49. The Morgan fingerprint density at radius 1 is 1.20 bits per heavy atom. The van der Waals surface area contributed by atoms with E-state index < -0.39 is 22.9 Å². The molecule has 0 aromatic heterocycles. The average Bonchev–Trinajstić information content (AvgIpc) is 3.38. The number of aliphatic hydroxyl groups is 1. The van der Waals surface area contributed by atoms with Gasteiger partial charge in [-0.05, 0) is 38.2 Å². The fraction of sp³-hybridized carbons (Fsp3) is 0.600. The zero-order valence-corrected chi connectivity index (χ0v) is 15.0. The van der Waals surface area contributed by atoms with Gasteiger partial charge in [0.2, 0.25) is 5.91 Å². The number of carbonyl (C=O) groups is 2. The Bertz CT molecular complexity index is 665. The van der Waals surface area contributed by atoms with E-state index in [1.807, 2.05) is 38.1 Å². The molecular formula is C20H27NO4. The molecule has 136 valence electrons. The van der Waals surface area contributed by atoms with Crippen molar-refractivity contribution in [1.82, 2.24) is 4.90 Å². The summed E-state index contributed by atoms with van der Waals surface area (Å²) in [6.45, 7) is 4.45. The van der Waals surface area contributed by atoms with E-state index in [4.69, 9.17) is 0 Å². The van der Waals surface area contributed by atoms with Gasteiger partial charge < -0.3 is 15.1 Å². The molecule has 1 aliphatic carbocycles. The lowest BCUT2D eigenvalue weighted by atomic mass is 9.72. The van der Waals surface area contributed by atoms with Crippen molar-refractivity contribution in [2.24, 2.45) is 5.41 Å². The minimum atomic E-state index is -1.12. The molecule has 2 atom stereocenters. The highest BCUT2D eigenvalue weighted by molar-refractivity contribution is 5.91. The second kappa shape index (κ2) is 6.45. The number of carboxylic acids is 1. The van der Waals surface area contributed by atoms with Crippen LogP contribution in [0.15, 0.2) is 24.3 Å². The highest BCUT2D eigenvalue weighted by Crippen LogP contribution is 2.50. The molecule has 3 rings (SSSR count). The lowest BCUT2D eigenvalue weighted by molar-refractivity contribution is -0.167. The van der Waals surface area contributed by atoms with E-state index in [9.17, 15) is 19.8 Å². The Labute approximate surface area is 148 Å². The molecule has 1 heterocycles.